The van der Waals surface area contributed by atoms with E-state index in [9.17, 15) is 24.0 Å². The molecule has 2 rings (SSSR count). The molecule has 1 aliphatic rings. The lowest BCUT2D eigenvalue weighted by Gasteiger charge is -2.30. The van der Waals surface area contributed by atoms with Crippen molar-refractivity contribution in [1.82, 2.24) is 10.2 Å². The molecule has 1 aromatic carbocycles. The van der Waals surface area contributed by atoms with Gasteiger partial charge in [-0.15, -0.1) is 0 Å². The van der Waals surface area contributed by atoms with Gasteiger partial charge in [0, 0.05) is 24.7 Å². The van der Waals surface area contributed by atoms with Gasteiger partial charge in [0.1, 0.15) is 12.6 Å². The average molecular weight is 347 g/mol. The lowest BCUT2D eigenvalue weighted by atomic mass is 10.0. The van der Waals surface area contributed by atoms with E-state index in [0.29, 0.717) is 6.29 Å². The molecule has 25 heavy (non-hydrogen) atoms. The van der Waals surface area contributed by atoms with E-state index in [2.05, 4.69) is 10.6 Å². The second-order valence-corrected chi connectivity index (χ2v) is 5.52. The lowest BCUT2D eigenvalue weighted by molar-refractivity contribution is -0.137. The van der Waals surface area contributed by atoms with E-state index in [1.807, 2.05) is 0 Å². The smallest absolute Gasteiger partial charge is 0.322 e. The van der Waals surface area contributed by atoms with Gasteiger partial charge in [-0.2, -0.15) is 0 Å². The number of amides is 3. The summed E-state index contributed by atoms with van der Waals surface area (Å²) < 4.78 is 0. The number of nitrogens with zero attached hydrogens (tertiary/aromatic N) is 1. The molecule has 9 heteroatoms. The number of carbonyl (C=O) groups excluding carboxylic acids is 4. The second kappa shape index (κ2) is 7.56. The Balaban J connectivity index is 2.33. The Kier molecular flexibility index (Phi) is 5.48. The van der Waals surface area contributed by atoms with Crippen molar-refractivity contribution >= 4 is 35.7 Å². The summed E-state index contributed by atoms with van der Waals surface area (Å²) in [5.74, 6) is -2.74. The summed E-state index contributed by atoms with van der Waals surface area (Å²) in [5.41, 5.74) is 0.224. The van der Waals surface area contributed by atoms with Crippen LogP contribution in [-0.4, -0.2) is 59.6 Å². The molecule has 3 N–H and O–H groups in total. The van der Waals surface area contributed by atoms with Crippen LogP contribution in [0.1, 0.15) is 33.6 Å². The summed E-state index contributed by atoms with van der Waals surface area (Å²) in [6.07, 6.45) is 0.763. The van der Waals surface area contributed by atoms with Gasteiger partial charge in [0.2, 0.25) is 11.8 Å². The SMILES string of the molecule is CN(C(=O)c1c(C=O)cccc1NCC(=O)O)C1CCC(=O)NC1=O. The van der Waals surface area contributed by atoms with E-state index >= 15 is 0 Å². The van der Waals surface area contributed by atoms with Crippen LogP contribution in [0.4, 0.5) is 5.69 Å². The van der Waals surface area contributed by atoms with Crippen LogP contribution in [-0.2, 0) is 14.4 Å². The zero-order valence-corrected chi connectivity index (χ0v) is 13.4. The van der Waals surface area contributed by atoms with Crippen molar-refractivity contribution in [3.8, 4) is 0 Å². The standard InChI is InChI=1S/C16H17N3O6/c1-19(11-5-6-12(21)18-15(11)24)16(25)14-9(8-20)3-2-4-10(14)17-7-13(22)23/h2-4,8,11,17H,5-7H2,1H3,(H,22,23)(H,18,21,24). The third-order valence-corrected chi connectivity index (χ3v) is 3.87. The zero-order chi connectivity index (χ0) is 18.6. The molecule has 3 amide bonds. The fourth-order valence-corrected chi connectivity index (χ4v) is 2.59. The molecule has 0 aliphatic carbocycles. The van der Waals surface area contributed by atoms with E-state index in [-0.39, 0.29) is 29.7 Å². The molecule has 0 spiro atoms. The maximum atomic E-state index is 12.8. The molecule has 0 aromatic heterocycles. The monoisotopic (exact) mass is 347 g/mol. The molecular weight excluding hydrogens is 330 g/mol. The Morgan fingerprint density at radius 1 is 1.40 bits per heavy atom. The van der Waals surface area contributed by atoms with Crippen molar-refractivity contribution in [3.05, 3.63) is 29.3 Å². The van der Waals surface area contributed by atoms with E-state index in [4.69, 9.17) is 5.11 Å². The maximum absolute atomic E-state index is 12.8. The number of carboxylic acid groups (broad SMARTS) is 1. The number of hydrogen-bond acceptors (Lipinski definition) is 6. The molecule has 1 aromatic rings. The van der Waals surface area contributed by atoms with Crippen LogP contribution in [0.15, 0.2) is 18.2 Å². The Morgan fingerprint density at radius 3 is 2.72 bits per heavy atom. The number of hydrogen-bond donors (Lipinski definition) is 3. The number of benzene rings is 1. The van der Waals surface area contributed by atoms with Crippen LogP contribution < -0.4 is 10.6 Å². The zero-order valence-electron chi connectivity index (χ0n) is 13.4. The molecule has 0 bridgehead atoms. The lowest BCUT2D eigenvalue weighted by Crippen LogP contribution is -2.53. The first-order valence-corrected chi connectivity index (χ1v) is 7.50. The predicted molar refractivity (Wildman–Crippen MR) is 86.2 cm³/mol. The quantitative estimate of drug-likeness (QED) is 0.482. The second-order valence-electron chi connectivity index (χ2n) is 5.52. The molecule has 1 aliphatic heterocycles. The number of aldehydes is 1. The summed E-state index contributed by atoms with van der Waals surface area (Å²) in [4.78, 5) is 59.2. The molecule has 0 saturated carbocycles. The highest BCUT2D eigenvalue weighted by molar-refractivity contribution is 6.09. The van der Waals surface area contributed by atoms with Crippen molar-refractivity contribution in [2.24, 2.45) is 0 Å². The van der Waals surface area contributed by atoms with Crippen molar-refractivity contribution in [2.45, 2.75) is 18.9 Å². The number of imide groups is 1. The molecule has 1 heterocycles. The van der Waals surface area contributed by atoms with Crippen LogP contribution in [0.3, 0.4) is 0 Å². The molecule has 1 atom stereocenters. The van der Waals surface area contributed by atoms with Crippen LogP contribution in [0.25, 0.3) is 0 Å². The van der Waals surface area contributed by atoms with Crippen molar-refractivity contribution in [2.75, 3.05) is 18.9 Å². The van der Waals surface area contributed by atoms with Gasteiger partial charge in [-0.05, 0) is 12.5 Å². The minimum absolute atomic E-state index is 0.0223. The Bertz CT molecular complexity index is 745. The van der Waals surface area contributed by atoms with Crippen LogP contribution in [0, 0.1) is 0 Å². The first-order chi connectivity index (χ1) is 11.8. The van der Waals surface area contributed by atoms with Crippen LogP contribution in [0.2, 0.25) is 0 Å². The fraction of sp³-hybridized carbons (Fsp3) is 0.312. The third kappa shape index (κ3) is 4.00. The average Bonchev–Trinajstić information content (AvgIpc) is 2.58. The number of anilines is 1. The summed E-state index contributed by atoms with van der Waals surface area (Å²) in [7, 11) is 1.39. The molecule has 132 valence electrons. The van der Waals surface area contributed by atoms with E-state index in [1.54, 1.807) is 0 Å². The number of aliphatic carboxylic acids is 1. The van der Waals surface area contributed by atoms with Gasteiger partial charge in [0.05, 0.1) is 5.56 Å². The van der Waals surface area contributed by atoms with Gasteiger partial charge in [0.15, 0.2) is 6.29 Å². The number of piperidine rings is 1. The van der Waals surface area contributed by atoms with Crippen molar-refractivity contribution in [1.29, 1.82) is 0 Å². The molecule has 9 nitrogen and oxygen atoms in total. The minimum Gasteiger partial charge on any atom is -0.480 e. The van der Waals surface area contributed by atoms with E-state index < -0.39 is 36.3 Å². The predicted octanol–water partition coefficient (Wildman–Crippen LogP) is -0.127. The Hall–Kier alpha value is -3.23. The summed E-state index contributed by atoms with van der Waals surface area (Å²) >= 11 is 0. The maximum Gasteiger partial charge on any atom is 0.322 e. The number of carbonyl (C=O) groups is 5. The molecule has 1 saturated heterocycles. The van der Waals surface area contributed by atoms with Crippen molar-refractivity contribution < 1.29 is 29.1 Å². The van der Waals surface area contributed by atoms with Gasteiger partial charge in [-0.3, -0.25) is 29.3 Å². The number of likely N-dealkylation sites (N-methyl/N-ethyl adjacent to an activating group) is 1. The minimum atomic E-state index is -1.13. The Labute approximate surface area is 143 Å². The van der Waals surface area contributed by atoms with E-state index in [1.165, 1.54) is 25.2 Å². The molecule has 0 radical (unpaired) electrons. The third-order valence-electron chi connectivity index (χ3n) is 3.87. The summed E-state index contributed by atoms with van der Waals surface area (Å²) in [6.45, 7) is -0.440. The largest absolute Gasteiger partial charge is 0.480 e. The molecular formula is C16H17N3O6. The first-order valence-electron chi connectivity index (χ1n) is 7.50. The highest BCUT2D eigenvalue weighted by Crippen LogP contribution is 2.23. The van der Waals surface area contributed by atoms with Gasteiger partial charge >= 0.3 is 5.97 Å². The molecule has 1 fully saturated rings. The van der Waals surface area contributed by atoms with Crippen molar-refractivity contribution in [3.63, 3.8) is 0 Å². The van der Waals surface area contributed by atoms with Gasteiger partial charge in [0.25, 0.3) is 5.91 Å². The number of rotatable bonds is 6. The number of nitrogens with one attached hydrogen (secondary N) is 2. The fourth-order valence-electron chi connectivity index (χ4n) is 2.59. The van der Waals surface area contributed by atoms with Gasteiger partial charge in [-0.1, -0.05) is 12.1 Å². The highest BCUT2D eigenvalue weighted by Gasteiger charge is 2.34. The number of carboxylic acids is 1. The Morgan fingerprint density at radius 2 is 2.12 bits per heavy atom. The van der Waals surface area contributed by atoms with Crippen LogP contribution in [0.5, 0.6) is 0 Å². The normalized spacial score (nSPS) is 16.8. The first kappa shape index (κ1) is 18.1. The van der Waals surface area contributed by atoms with E-state index in [0.717, 1.165) is 4.90 Å². The topological polar surface area (TPSA) is 133 Å². The molecule has 1 unspecified atom stereocenters. The highest BCUT2D eigenvalue weighted by atomic mass is 16.4. The van der Waals surface area contributed by atoms with Gasteiger partial charge in [-0.25, -0.2) is 0 Å². The summed E-state index contributed by atoms with van der Waals surface area (Å²) in [5, 5.41) is 13.5. The van der Waals surface area contributed by atoms with Gasteiger partial charge < -0.3 is 15.3 Å². The summed E-state index contributed by atoms with van der Waals surface area (Å²) in [6, 6.07) is 3.56. The van der Waals surface area contributed by atoms with Crippen LogP contribution >= 0.6 is 0 Å².